The number of para-hydroxylation sites is 1. The van der Waals surface area contributed by atoms with Gasteiger partial charge in [-0.15, -0.1) is 0 Å². The van der Waals surface area contributed by atoms with E-state index in [0.717, 1.165) is 0 Å². The van der Waals surface area contributed by atoms with Gasteiger partial charge in [-0.3, -0.25) is 20.2 Å². The number of hydrogen-bond acceptors (Lipinski definition) is 5. The Labute approximate surface area is 121 Å². The van der Waals surface area contributed by atoms with Crippen LogP contribution in [0.25, 0.3) is 0 Å². The van der Waals surface area contributed by atoms with Gasteiger partial charge in [0.05, 0.1) is 17.6 Å². The normalized spacial score (nSPS) is 11.5. The molecule has 0 bridgehead atoms. The van der Waals surface area contributed by atoms with Crippen molar-refractivity contribution in [1.82, 2.24) is 10.6 Å². The SMILES string of the molecule is CCC(CO)NC(=S)NC(=O)c1ccccc1[N+](=O)[O-]. The number of hydrogen-bond donors (Lipinski definition) is 3. The number of amides is 1. The highest BCUT2D eigenvalue weighted by Gasteiger charge is 2.20. The van der Waals surface area contributed by atoms with Crippen LogP contribution in [0.5, 0.6) is 0 Å². The summed E-state index contributed by atoms with van der Waals surface area (Å²) in [5.41, 5.74) is -0.360. The number of carbonyl (C=O) groups excluding carboxylic acids is 1. The van der Waals surface area contributed by atoms with Crippen LogP contribution in [0.15, 0.2) is 24.3 Å². The summed E-state index contributed by atoms with van der Waals surface area (Å²) >= 11 is 4.92. The molecular weight excluding hydrogens is 282 g/mol. The van der Waals surface area contributed by atoms with Crippen LogP contribution in [0.4, 0.5) is 5.69 Å². The van der Waals surface area contributed by atoms with Crippen LogP contribution in [-0.2, 0) is 0 Å². The van der Waals surface area contributed by atoms with Crippen LogP contribution >= 0.6 is 12.2 Å². The van der Waals surface area contributed by atoms with Crippen molar-refractivity contribution in [2.45, 2.75) is 19.4 Å². The van der Waals surface area contributed by atoms with Gasteiger partial charge in [0.15, 0.2) is 5.11 Å². The fourth-order valence-corrected chi connectivity index (χ4v) is 1.75. The first-order valence-corrected chi connectivity index (χ1v) is 6.36. The number of nitro benzene ring substituents is 1. The van der Waals surface area contributed by atoms with Crippen molar-refractivity contribution in [2.75, 3.05) is 6.61 Å². The Morgan fingerprint density at radius 1 is 1.50 bits per heavy atom. The van der Waals surface area contributed by atoms with Crippen molar-refractivity contribution >= 4 is 28.9 Å². The fourth-order valence-electron chi connectivity index (χ4n) is 1.49. The molecule has 1 atom stereocenters. The standard InChI is InChI=1S/C12H15N3O4S/c1-2-8(7-16)13-12(20)14-11(17)9-5-3-4-6-10(9)15(18)19/h3-6,8,16H,2,7H2,1H3,(H2,13,14,17,20). The average Bonchev–Trinajstić information content (AvgIpc) is 2.44. The molecule has 0 saturated heterocycles. The van der Waals surface area contributed by atoms with Crippen molar-refractivity contribution in [3.63, 3.8) is 0 Å². The van der Waals surface area contributed by atoms with Gasteiger partial charge in [-0.25, -0.2) is 0 Å². The van der Waals surface area contributed by atoms with Gasteiger partial charge in [0, 0.05) is 6.07 Å². The van der Waals surface area contributed by atoms with Gasteiger partial charge in [-0.1, -0.05) is 19.1 Å². The first kappa shape index (κ1) is 16.0. The lowest BCUT2D eigenvalue weighted by atomic mass is 10.1. The molecule has 1 unspecified atom stereocenters. The number of thiocarbonyl (C=S) groups is 1. The molecule has 0 aromatic heterocycles. The van der Waals surface area contributed by atoms with Crippen LogP contribution in [0.1, 0.15) is 23.7 Å². The van der Waals surface area contributed by atoms with E-state index < -0.39 is 10.8 Å². The molecule has 3 N–H and O–H groups in total. The molecule has 1 aromatic rings. The van der Waals surface area contributed by atoms with Gasteiger partial charge in [0.25, 0.3) is 11.6 Å². The molecule has 0 heterocycles. The second-order valence-corrected chi connectivity index (χ2v) is 4.40. The summed E-state index contributed by atoms with van der Waals surface area (Å²) in [6.07, 6.45) is 0.623. The van der Waals surface area contributed by atoms with E-state index in [0.29, 0.717) is 6.42 Å². The predicted molar refractivity (Wildman–Crippen MR) is 77.5 cm³/mol. The number of rotatable bonds is 5. The third kappa shape index (κ3) is 4.25. The molecule has 0 aliphatic carbocycles. The average molecular weight is 297 g/mol. The van der Waals surface area contributed by atoms with E-state index in [1.165, 1.54) is 24.3 Å². The lowest BCUT2D eigenvalue weighted by molar-refractivity contribution is -0.385. The minimum absolute atomic E-state index is 0.0223. The quantitative estimate of drug-likeness (QED) is 0.425. The molecule has 0 fully saturated rings. The van der Waals surface area contributed by atoms with Crippen molar-refractivity contribution in [3.8, 4) is 0 Å². The number of carbonyl (C=O) groups is 1. The largest absolute Gasteiger partial charge is 0.394 e. The number of benzene rings is 1. The number of nitro groups is 1. The van der Waals surface area contributed by atoms with E-state index >= 15 is 0 Å². The van der Waals surface area contributed by atoms with Gasteiger partial charge >= 0.3 is 0 Å². The number of nitrogens with zero attached hydrogens (tertiary/aromatic N) is 1. The first-order chi connectivity index (χ1) is 9.49. The van der Waals surface area contributed by atoms with E-state index in [2.05, 4.69) is 10.6 Å². The Balaban J connectivity index is 2.77. The molecule has 1 rings (SSSR count). The second-order valence-electron chi connectivity index (χ2n) is 3.99. The number of aliphatic hydroxyl groups excluding tert-OH is 1. The molecule has 0 aliphatic rings. The molecular formula is C12H15N3O4S. The lowest BCUT2D eigenvalue weighted by Gasteiger charge is -2.16. The smallest absolute Gasteiger partial charge is 0.282 e. The first-order valence-electron chi connectivity index (χ1n) is 5.95. The Bertz CT molecular complexity index is 517. The summed E-state index contributed by atoms with van der Waals surface area (Å²) in [5, 5.41) is 25.0. The minimum Gasteiger partial charge on any atom is -0.394 e. The van der Waals surface area contributed by atoms with Crippen LogP contribution in [-0.4, -0.2) is 33.7 Å². The number of aliphatic hydroxyl groups is 1. The predicted octanol–water partition coefficient (Wildman–Crippen LogP) is 0.970. The third-order valence-corrected chi connectivity index (χ3v) is 2.84. The van der Waals surface area contributed by atoms with Gasteiger partial charge in [-0.05, 0) is 24.7 Å². The van der Waals surface area contributed by atoms with E-state index in [4.69, 9.17) is 17.3 Å². The lowest BCUT2D eigenvalue weighted by Crippen LogP contribution is -2.45. The Morgan fingerprint density at radius 2 is 2.15 bits per heavy atom. The molecule has 0 radical (unpaired) electrons. The van der Waals surface area contributed by atoms with Gasteiger partial charge < -0.3 is 10.4 Å². The maximum absolute atomic E-state index is 11.9. The third-order valence-electron chi connectivity index (χ3n) is 2.62. The topological polar surface area (TPSA) is 104 Å². The maximum atomic E-state index is 11.9. The van der Waals surface area contributed by atoms with Crippen LogP contribution in [0, 0.1) is 10.1 Å². The van der Waals surface area contributed by atoms with E-state index in [-0.39, 0.29) is 29.0 Å². The Morgan fingerprint density at radius 3 is 2.70 bits per heavy atom. The van der Waals surface area contributed by atoms with Crippen LogP contribution < -0.4 is 10.6 Å². The Hall–Kier alpha value is -2.06. The summed E-state index contributed by atoms with van der Waals surface area (Å²) < 4.78 is 0. The molecule has 0 spiro atoms. The highest BCUT2D eigenvalue weighted by Crippen LogP contribution is 2.17. The van der Waals surface area contributed by atoms with Crippen LogP contribution in [0.3, 0.4) is 0 Å². The molecule has 8 heteroatoms. The monoisotopic (exact) mass is 297 g/mol. The molecule has 1 amide bonds. The van der Waals surface area contributed by atoms with Crippen molar-refractivity contribution in [2.24, 2.45) is 0 Å². The zero-order chi connectivity index (χ0) is 15.1. The molecule has 7 nitrogen and oxygen atoms in total. The van der Waals surface area contributed by atoms with Gasteiger partial charge in [0.1, 0.15) is 5.56 Å². The zero-order valence-corrected chi connectivity index (χ0v) is 11.6. The highest BCUT2D eigenvalue weighted by atomic mass is 32.1. The van der Waals surface area contributed by atoms with E-state index in [1.54, 1.807) is 0 Å². The fraction of sp³-hybridized carbons (Fsp3) is 0.333. The molecule has 20 heavy (non-hydrogen) atoms. The zero-order valence-electron chi connectivity index (χ0n) is 10.8. The molecule has 0 saturated carbocycles. The maximum Gasteiger partial charge on any atom is 0.282 e. The number of nitrogens with one attached hydrogen (secondary N) is 2. The van der Waals surface area contributed by atoms with E-state index in [1.807, 2.05) is 6.92 Å². The summed E-state index contributed by atoms with van der Waals surface area (Å²) in [6.45, 7) is 1.72. The summed E-state index contributed by atoms with van der Waals surface area (Å²) in [4.78, 5) is 22.1. The second kappa shape index (κ2) is 7.51. The molecule has 1 aromatic carbocycles. The van der Waals surface area contributed by atoms with Gasteiger partial charge in [-0.2, -0.15) is 0 Å². The highest BCUT2D eigenvalue weighted by molar-refractivity contribution is 7.80. The molecule has 0 aliphatic heterocycles. The van der Waals surface area contributed by atoms with Crippen molar-refractivity contribution in [3.05, 3.63) is 39.9 Å². The summed E-state index contributed by atoms with van der Waals surface area (Å²) in [5.74, 6) is -0.664. The van der Waals surface area contributed by atoms with E-state index in [9.17, 15) is 14.9 Å². The summed E-state index contributed by atoms with van der Waals surface area (Å²) in [6, 6.07) is 5.33. The van der Waals surface area contributed by atoms with Crippen LogP contribution in [0.2, 0.25) is 0 Å². The summed E-state index contributed by atoms with van der Waals surface area (Å²) in [7, 11) is 0. The molecule has 108 valence electrons. The van der Waals surface area contributed by atoms with Crippen molar-refractivity contribution < 1.29 is 14.8 Å². The Kier molecular flexibility index (Phi) is 6.01. The minimum atomic E-state index is -0.664. The van der Waals surface area contributed by atoms with Crippen molar-refractivity contribution in [1.29, 1.82) is 0 Å². The van der Waals surface area contributed by atoms with Gasteiger partial charge in [0.2, 0.25) is 0 Å².